The normalized spacial score (nSPS) is 19.8. The molecule has 0 aliphatic carbocycles. The topological polar surface area (TPSA) is 79.0 Å². The Morgan fingerprint density at radius 1 is 1.25 bits per heavy atom. The third-order valence-corrected chi connectivity index (χ3v) is 7.99. The van der Waals surface area contributed by atoms with Crippen LogP contribution in [0.5, 0.6) is 0 Å². The molecule has 0 radical (unpaired) electrons. The number of morpholine rings is 1. The van der Waals surface area contributed by atoms with Crippen LogP contribution in [0.15, 0.2) is 53.9 Å². The Morgan fingerprint density at radius 2 is 1.91 bits per heavy atom. The molecule has 1 N–H and O–H groups in total. The summed E-state index contributed by atoms with van der Waals surface area (Å²) in [6, 6.07) is 10.0. The zero-order chi connectivity index (χ0) is 23.3. The number of benzene rings is 1. The molecule has 0 saturated carbocycles. The smallest absolute Gasteiger partial charge is 0.243 e. The highest BCUT2D eigenvalue weighted by molar-refractivity contribution is 7.89. The van der Waals surface area contributed by atoms with Gasteiger partial charge in [-0.3, -0.25) is 9.69 Å². The Kier molecular flexibility index (Phi) is 8.49. The summed E-state index contributed by atoms with van der Waals surface area (Å²) < 4.78 is 33.7. The third-order valence-electron chi connectivity index (χ3n) is 4.92. The van der Waals surface area contributed by atoms with E-state index in [1.54, 1.807) is 18.2 Å². The fourth-order valence-electron chi connectivity index (χ4n) is 3.61. The molecule has 1 saturated heterocycles. The molecule has 1 amide bonds. The average molecular weight is 498 g/mol. The zero-order valence-corrected chi connectivity index (χ0v) is 20.5. The second-order valence-electron chi connectivity index (χ2n) is 7.82. The predicted molar refractivity (Wildman–Crippen MR) is 129 cm³/mol. The second kappa shape index (κ2) is 10.9. The number of hydrogen-bond acceptors (Lipinski definition) is 6. The number of carbonyl (C=O) groups is 1. The zero-order valence-electron chi connectivity index (χ0n) is 18.2. The van der Waals surface area contributed by atoms with Crippen LogP contribution < -0.4 is 5.32 Å². The third kappa shape index (κ3) is 6.63. The SMILES string of the molecule is C=CCN(CC(=O)Nc1ccc(S(=O)(=O)N2CC(C)OC(C)C2)cc1)Cc1ccc(Cl)s1. The maximum absolute atomic E-state index is 13.0. The Bertz CT molecular complexity index is 1030. The van der Waals surface area contributed by atoms with Crippen LogP contribution in [0.25, 0.3) is 0 Å². The summed E-state index contributed by atoms with van der Waals surface area (Å²) in [7, 11) is -3.62. The van der Waals surface area contributed by atoms with Crippen molar-refractivity contribution >= 4 is 44.6 Å². The molecule has 2 heterocycles. The van der Waals surface area contributed by atoms with Crippen molar-refractivity contribution in [2.45, 2.75) is 37.5 Å². The number of nitrogens with zero attached hydrogens (tertiary/aromatic N) is 2. The van der Waals surface area contributed by atoms with Gasteiger partial charge in [0.1, 0.15) is 0 Å². The molecule has 2 unspecified atom stereocenters. The molecule has 3 rings (SSSR count). The quantitative estimate of drug-likeness (QED) is 0.533. The molecule has 174 valence electrons. The number of amides is 1. The Hall–Kier alpha value is -1.75. The summed E-state index contributed by atoms with van der Waals surface area (Å²) in [6.07, 6.45) is 1.43. The number of nitrogens with one attached hydrogen (secondary N) is 1. The number of halogens is 1. The summed E-state index contributed by atoms with van der Waals surface area (Å²) in [5.41, 5.74) is 0.537. The van der Waals surface area contributed by atoms with Crippen LogP contribution in [-0.2, 0) is 26.1 Å². The number of rotatable bonds is 9. The summed E-state index contributed by atoms with van der Waals surface area (Å²) in [6.45, 7) is 9.43. The van der Waals surface area contributed by atoms with E-state index in [2.05, 4.69) is 11.9 Å². The van der Waals surface area contributed by atoms with Gasteiger partial charge in [0, 0.05) is 36.7 Å². The van der Waals surface area contributed by atoms with Crippen LogP contribution >= 0.6 is 22.9 Å². The largest absolute Gasteiger partial charge is 0.373 e. The molecule has 1 fully saturated rings. The van der Waals surface area contributed by atoms with Gasteiger partial charge in [-0.05, 0) is 50.2 Å². The van der Waals surface area contributed by atoms with Crippen molar-refractivity contribution in [1.29, 1.82) is 0 Å². The van der Waals surface area contributed by atoms with Crippen molar-refractivity contribution in [3.8, 4) is 0 Å². The monoisotopic (exact) mass is 497 g/mol. The van der Waals surface area contributed by atoms with E-state index in [4.69, 9.17) is 16.3 Å². The summed E-state index contributed by atoms with van der Waals surface area (Å²) in [5.74, 6) is -0.194. The van der Waals surface area contributed by atoms with E-state index in [0.29, 0.717) is 36.2 Å². The molecule has 1 aromatic carbocycles. The van der Waals surface area contributed by atoms with Gasteiger partial charge in [-0.15, -0.1) is 17.9 Å². The summed E-state index contributed by atoms with van der Waals surface area (Å²) in [4.78, 5) is 15.7. The lowest BCUT2D eigenvalue weighted by atomic mass is 10.3. The van der Waals surface area contributed by atoms with Crippen molar-refractivity contribution in [3.63, 3.8) is 0 Å². The van der Waals surface area contributed by atoms with Crippen molar-refractivity contribution in [2.75, 3.05) is 31.5 Å². The van der Waals surface area contributed by atoms with Gasteiger partial charge in [0.05, 0.1) is 28.0 Å². The van der Waals surface area contributed by atoms with Gasteiger partial charge >= 0.3 is 0 Å². The number of anilines is 1. The molecule has 0 spiro atoms. The first-order valence-electron chi connectivity index (χ1n) is 10.3. The first-order chi connectivity index (χ1) is 15.2. The molecule has 32 heavy (non-hydrogen) atoms. The number of ether oxygens (including phenoxy) is 1. The number of hydrogen-bond donors (Lipinski definition) is 1. The van der Waals surface area contributed by atoms with Crippen molar-refractivity contribution < 1.29 is 17.9 Å². The van der Waals surface area contributed by atoms with Crippen molar-refractivity contribution in [3.05, 3.63) is 58.3 Å². The van der Waals surface area contributed by atoms with Crippen molar-refractivity contribution in [1.82, 2.24) is 9.21 Å². The Balaban J connectivity index is 1.61. The Labute approximate surface area is 198 Å². The van der Waals surface area contributed by atoms with Crippen LogP contribution in [0.4, 0.5) is 5.69 Å². The minimum absolute atomic E-state index is 0.157. The standard InChI is InChI=1S/C22H28ClN3O4S2/c1-4-11-25(14-19-7-10-21(23)31-19)15-22(27)24-18-5-8-20(9-6-18)32(28,29)26-12-16(2)30-17(3)13-26/h4-10,16-17H,1,11-15H2,2-3H3,(H,24,27). The van der Waals surface area contributed by atoms with Gasteiger partial charge in [0.25, 0.3) is 0 Å². The molecule has 1 aliphatic rings. The first-order valence-corrected chi connectivity index (χ1v) is 12.9. The molecule has 2 atom stereocenters. The minimum atomic E-state index is -3.62. The average Bonchev–Trinajstić information content (AvgIpc) is 3.12. The first kappa shape index (κ1) is 24.9. The summed E-state index contributed by atoms with van der Waals surface area (Å²) >= 11 is 7.47. The van der Waals surface area contributed by atoms with Crippen LogP contribution in [0.1, 0.15) is 18.7 Å². The lowest BCUT2D eigenvalue weighted by Gasteiger charge is -2.34. The van der Waals surface area contributed by atoms with E-state index < -0.39 is 10.0 Å². The molecular formula is C22H28ClN3O4S2. The predicted octanol–water partition coefficient (Wildman–Crippen LogP) is 3.83. The molecule has 0 bridgehead atoms. The molecular weight excluding hydrogens is 470 g/mol. The van der Waals surface area contributed by atoms with Gasteiger partial charge in [-0.1, -0.05) is 17.7 Å². The Morgan fingerprint density at radius 3 is 2.47 bits per heavy atom. The van der Waals surface area contributed by atoms with Crippen molar-refractivity contribution in [2.24, 2.45) is 0 Å². The fraction of sp³-hybridized carbons (Fsp3) is 0.409. The van der Waals surface area contributed by atoms with E-state index in [1.807, 2.05) is 30.9 Å². The molecule has 1 aromatic heterocycles. The van der Waals surface area contributed by atoms with Crippen LogP contribution in [0.2, 0.25) is 4.34 Å². The molecule has 1 aliphatic heterocycles. The fourth-order valence-corrected chi connectivity index (χ4v) is 6.34. The highest BCUT2D eigenvalue weighted by Crippen LogP contribution is 2.24. The second-order valence-corrected chi connectivity index (χ2v) is 11.6. The van der Waals surface area contributed by atoms with E-state index >= 15 is 0 Å². The van der Waals surface area contributed by atoms with Crippen LogP contribution in [-0.4, -0.2) is 61.9 Å². The highest BCUT2D eigenvalue weighted by atomic mass is 35.5. The molecule has 10 heteroatoms. The highest BCUT2D eigenvalue weighted by Gasteiger charge is 2.32. The number of thiophene rings is 1. The molecule has 7 nitrogen and oxygen atoms in total. The van der Waals surface area contributed by atoms with E-state index in [9.17, 15) is 13.2 Å². The number of sulfonamides is 1. The van der Waals surface area contributed by atoms with E-state index in [-0.39, 0.29) is 29.6 Å². The summed E-state index contributed by atoms with van der Waals surface area (Å²) in [5, 5.41) is 2.83. The van der Waals surface area contributed by atoms with E-state index in [1.165, 1.54) is 27.8 Å². The minimum Gasteiger partial charge on any atom is -0.373 e. The lowest BCUT2D eigenvalue weighted by molar-refractivity contribution is -0.117. The van der Waals surface area contributed by atoms with Crippen LogP contribution in [0, 0.1) is 0 Å². The van der Waals surface area contributed by atoms with Gasteiger partial charge in [-0.25, -0.2) is 8.42 Å². The van der Waals surface area contributed by atoms with Gasteiger partial charge in [0.2, 0.25) is 15.9 Å². The van der Waals surface area contributed by atoms with Gasteiger partial charge < -0.3 is 10.1 Å². The molecule has 2 aromatic rings. The van der Waals surface area contributed by atoms with Gasteiger partial charge in [0.15, 0.2) is 0 Å². The van der Waals surface area contributed by atoms with Crippen LogP contribution in [0.3, 0.4) is 0 Å². The maximum Gasteiger partial charge on any atom is 0.243 e. The van der Waals surface area contributed by atoms with E-state index in [0.717, 1.165) is 4.88 Å². The maximum atomic E-state index is 13.0. The number of carbonyl (C=O) groups excluding carboxylic acids is 1. The van der Waals surface area contributed by atoms with Gasteiger partial charge in [-0.2, -0.15) is 4.31 Å². The lowest BCUT2D eigenvalue weighted by Crippen LogP contribution is -2.48.